The van der Waals surface area contributed by atoms with Crippen LogP contribution in [0.1, 0.15) is 41.6 Å². The second-order valence-electron chi connectivity index (χ2n) is 7.66. The van der Waals surface area contributed by atoms with Crippen LogP contribution in [0.4, 0.5) is 0 Å². The van der Waals surface area contributed by atoms with Crippen molar-refractivity contribution in [2.24, 2.45) is 5.92 Å². The van der Waals surface area contributed by atoms with Crippen molar-refractivity contribution in [3.05, 3.63) is 56.4 Å². The Morgan fingerprint density at radius 3 is 2.81 bits per heavy atom. The molecule has 2 aromatic heterocycles. The molecule has 1 aliphatic carbocycles. The van der Waals surface area contributed by atoms with Crippen molar-refractivity contribution in [3.63, 3.8) is 0 Å². The van der Waals surface area contributed by atoms with Crippen molar-refractivity contribution < 1.29 is 4.74 Å². The molecule has 0 spiro atoms. The second kappa shape index (κ2) is 7.47. The second-order valence-corrected chi connectivity index (χ2v) is 8.75. The van der Waals surface area contributed by atoms with E-state index in [2.05, 4.69) is 13.8 Å². The molecule has 4 nitrogen and oxygen atoms in total. The molecule has 0 N–H and O–H groups in total. The standard InChI is InChI=1S/C22H26N2O2S/c1-14-5-8-17(9-6-14)26-12-4-11-24-16(3)23-21-20(22(24)25)18-10-7-15(2)13-19(18)27-21/h5-6,8-9,15H,4,7,10-13H2,1-3H3. The van der Waals surface area contributed by atoms with Gasteiger partial charge in [-0.3, -0.25) is 9.36 Å². The summed E-state index contributed by atoms with van der Waals surface area (Å²) in [5.41, 5.74) is 2.60. The normalized spacial score (nSPS) is 16.5. The number of thiophene rings is 1. The molecule has 5 heteroatoms. The molecule has 1 atom stereocenters. The van der Waals surface area contributed by atoms with E-state index in [4.69, 9.17) is 9.72 Å². The number of aryl methyl sites for hydroxylation is 3. The van der Waals surface area contributed by atoms with Gasteiger partial charge in [-0.15, -0.1) is 11.3 Å². The number of aromatic nitrogens is 2. The molecule has 0 saturated carbocycles. The monoisotopic (exact) mass is 382 g/mol. The Morgan fingerprint density at radius 2 is 2.04 bits per heavy atom. The summed E-state index contributed by atoms with van der Waals surface area (Å²) in [6.07, 6.45) is 4.04. The van der Waals surface area contributed by atoms with E-state index in [1.165, 1.54) is 16.0 Å². The predicted molar refractivity (Wildman–Crippen MR) is 111 cm³/mol. The fourth-order valence-corrected chi connectivity index (χ4v) is 5.25. The minimum absolute atomic E-state index is 0.125. The molecule has 0 amide bonds. The molecule has 1 aliphatic rings. The van der Waals surface area contributed by atoms with Gasteiger partial charge in [-0.2, -0.15) is 0 Å². The molecule has 0 radical (unpaired) electrons. The SMILES string of the molecule is Cc1ccc(OCCCn2c(C)nc3sc4c(c3c2=O)CCC(C)C4)cc1. The average Bonchev–Trinajstić information content (AvgIpc) is 2.99. The van der Waals surface area contributed by atoms with E-state index in [1.54, 1.807) is 11.3 Å². The van der Waals surface area contributed by atoms with Crippen molar-refractivity contribution in [3.8, 4) is 5.75 Å². The van der Waals surface area contributed by atoms with E-state index in [0.717, 1.165) is 47.5 Å². The molecule has 1 aromatic carbocycles. The lowest BCUT2D eigenvalue weighted by molar-refractivity contribution is 0.300. The van der Waals surface area contributed by atoms with Gasteiger partial charge in [0.05, 0.1) is 12.0 Å². The topological polar surface area (TPSA) is 44.1 Å². The van der Waals surface area contributed by atoms with Crippen LogP contribution in [0.3, 0.4) is 0 Å². The molecule has 27 heavy (non-hydrogen) atoms. The summed E-state index contributed by atoms with van der Waals surface area (Å²) in [4.78, 5) is 20.2. The number of fused-ring (bicyclic) bond motifs is 3. The maximum atomic E-state index is 13.2. The van der Waals surface area contributed by atoms with Gasteiger partial charge in [0, 0.05) is 11.4 Å². The minimum atomic E-state index is 0.125. The highest BCUT2D eigenvalue weighted by Crippen LogP contribution is 2.35. The van der Waals surface area contributed by atoms with Crippen LogP contribution >= 0.6 is 11.3 Å². The van der Waals surface area contributed by atoms with Gasteiger partial charge < -0.3 is 4.74 Å². The largest absolute Gasteiger partial charge is 0.494 e. The first-order valence-corrected chi connectivity index (χ1v) is 10.6. The van der Waals surface area contributed by atoms with Crippen molar-refractivity contribution in [1.29, 1.82) is 0 Å². The van der Waals surface area contributed by atoms with Crippen LogP contribution in [0.15, 0.2) is 29.1 Å². The first-order valence-electron chi connectivity index (χ1n) is 9.74. The van der Waals surface area contributed by atoms with Gasteiger partial charge in [-0.1, -0.05) is 24.6 Å². The third-order valence-corrected chi connectivity index (χ3v) is 6.57. The number of benzene rings is 1. The number of hydrogen-bond acceptors (Lipinski definition) is 4. The lowest BCUT2D eigenvalue weighted by Gasteiger charge is -2.17. The van der Waals surface area contributed by atoms with E-state index in [0.29, 0.717) is 19.1 Å². The summed E-state index contributed by atoms with van der Waals surface area (Å²) in [5.74, 6) is 2.38. The Morgan fingerprint density at radius 1 is 1.26 bits per heavy atom. The quantitative estimate of drug-likeness (QED) is 0.603. The molecule has 2 heterocycles. The Bertz CT molecular complexity index is 1020. The van der Waals surface area contributed by atoms with Gasteiger partial charge in [0.15, 0.2) is 0 Å². The summed E-state index contributed by atoms with van der Waals surface area (Å²) in [6.45, 7) is 7.51. The molecule has 3 aromatic rings. The number of hydrogen-bond donors (Lipinski definition) is 0. The molecule has 0 aliphatic heterocycles. The van der Waals surface area contributed by atoms with E-state index in [9.17, 15) is 4.79 Å². The third-order valence-electron chi connectivity index (χ3n) is 5.42. The fraction of sp³-hybridized carbons (Fsp3) is 0.455. The maximum absolute atomic E-state index is 13.2. The molecule has 142 valence electrons. The minimum Gasteiger partial charge on any atom is -0.494 e. The highest BCUT2D eigenvalue weighted by Gasteiger charge is 2.23. The van der Waals surface area contributed by atoms with Crippen molar-refractivity contribution in [1.82, 2.24) is 9.55 Å². The van der Waals surface area contributed by atoms with E-state index in [1.807, 2.05) is 35.8 Å². The average molecular weight is 383 g/mol. The van der Waals surface area contributed by atoms with Crippen LogP contribution in [0, 0.1) is 19.8 Å². The third kappa shape index (κ3) is 3.65. The van der Waals surface area contributed by atoms with Gasteiger partial charge in [-0.25, -0.2) is 4.98 Å². The predicted octanol–water partition coefficient (Wildman–Crippen LogP) is 4.67. The van der Waals surface area contributed by atoms with Gasteiger partial charge in [0.2, 0.25) is 0 Å². The molecular formula is C22H26N2O2S. The van der Waals surface area contributed by atoms with Gasteiger partial charge >= 0.3 is 0 Å². The molecular weight excluding hydrogens is 356 g/mol. The van der Waals surface area contributed by atoms with E-state index < -0.39 is 0 Å². The molecule has 0 bridgehead atoms. The summed E-state index contributed by atoms with van der Waals surface area (Å²) in [5, 5.41) is 0.868. The van der Waals surface area contributed by atoms with Gasteiger partial charge in [-0.05, 0) is 63.1 Å². The van der Waals surface area contributed by atoms with Crippen LogP contribution in [-0.4, -0.2) is 16.2 Å². The van der Waals surface area contributed by atoms with Crippen molar-refractivity contribution in [2.45, 2.75) is 53.0 Å². The summed E-state index contributed by atoms with van der Waals surface area (Å²) >= 11 is 1.72. The summed E-state index contributed by atoms with van der Waals surface area (Å²) in [6, 6.07) is 8.06. The first kappa shape index (κ1) is 18.2. The number of rotatable bonds is 5. The van der Waals surface area contributed by atoms with Crippen LogP contribution < -0.4 is 10.3 Å². The van der Waals surface area contributed by atoms with Crippen LogP contribution in [-0.2, 0) is 19.4 Å². The lowest BCUT2D eigenvalue weighted by atomic mass is 9.89. The maximum Gasteiger partial charge on any atom is 0.262 e. The van der Waals surface area contributed by atoms with Crippen molar-refractivity contribution >= 4 is 21.6 Å². The zero-order valence-electron chi connectivity index (χ0n) is 16.2. The highest BCUT2D eigenvalue weighted by atomic mass is 32.1. The molecule has 0 saturated heterocycles. The highest BCUT2D eigenvalue weighted by molar-refractivity contribution is 7.18. The van der Waals surface area contributed by atoms with E-state index in [-0.39, 0.29) is 5.56 Å². The number of nitrogens with zero attached hydrogens (tertiary/aromatic N) is 2. The summed E-state index contributed by atoms with van der Waals surface area (Å²) in [7, 11) is 0. The Hall–Kier alpha value is -2.14. The van der Waals surface area contributed by atoms with Crippen LogP contribution in [0.2, 0.25) is 0 Å². The Balaban J connectivity index is 1.51. The van der Waals surface area contributed by atoms with Crippen LogP contribution in [0.25, 0.3) is 10.2 Å². The summed E-state index contributed by atoms with van der Waals surface area (Å²) < 4.78 is 7.63. The smallest absolute Gasteiger partial charge is 0.262 e. The zero-order valence-corrected chi connectivity index (χ0v) is 17.1. The number of ether oxygens (including phenoxy) is 1. The van der Waals surface area contributed by atoms with Crippen molar-refractivity contribution in [2.75, 3.05) is 6.61 Å². The van der Waals surface area contributed by atoms with E-state index >= 15 is 0 Å². The fourth-order valence-electron chi connectivity index (χ4n) is 3.84. The lowest BCUT2D eigenvalue weighted by Crippen LogP contribution is -2.25. The first-order chi connectivity index (χ1) is 13.0. The molecule has 4 rings (SSSR count). The molecule has 0 fully saturated rings. The van der Waals surface area contributed by atoms with Gasteiger partial charge in [0.1, 0.15) is 16.4 Å². The Kier molecular flexibility index (Phi) is 5.04. The molecule has 1 unspecified atom stereocenters. The van der Waals surface area contributed by atoms with Gasteiger partial charge in [0.25, 0.3) is 5.56 Å². The Labute approximate surface area is 163 Å². The van der Waals surface area contributed by atoms with Crippen LogP contribution in [0.5, 0.6) is 5.75 Å². The zero-order chi connectivity index (χ0) is 19.0.